The Morgan fingerprint density at radius 1 is 1.21 bits per heavy atom. The summed E-state index contributed by atoms with van der Waals surface area (Å²) < 4.78 is 15.3. The summed E-state index contributed by atoms with van der Waals surface area (Å²) >= 11 is 0. The van der Waals surface area contributed by atoms with Crippen molar-refractivity contribution >= 4 is 17.6 Å². The van der Waals surface area contributed by atoms with E-state index >= 15 is 0 Å². The van der Waals surface area contributed by atoms with Crippen molar-refractivity contribution in [2.45, 2.75) is 6.92 Å². The topological polar surface area (TPSA) is 139 Å². The SMILES string of the molecule is COc1cc(N/N=C/c2ccc([N+](=O)[O-])cc2)c(-c2no[n+]([O-])c2C)cc1OC. The number of anilines is 1. The van der Waals surface area contributed by atoms with Crippen LogP contribution in [0.25, 0.3) is 11.3 Å². The van der Waals surface area contributed by atoms with Crippen LogP contribution in [0.4, 0.5) is 11.4 Å². The largest absolute Gasteiger partial charge is 0.493 e. The average Bonchev–Trinajstić information content (AvgIpc) is 3.06. The fourth-order valence-electron chi connectivity index (χ4n) is 2.56. The quantitative estimate of drug-likeness (QED) is 0.277. The molecule has 29 heavy (non-hydrogen) atoms. The van der Waals surface area contributed by atoms with Crippen LogP contribution in [-0.2, 0) is 0 Å². The van der Waals surface area contributed by atoms with E-state index in [-0.39, 0.29) is 11.4 Å². The molecule has 0 bridgehead atoms. The van der Waals surface area contributed by atoms with Gasteiger partial charge < -0.3 is 14.7 Å². The van der Waals surface area contributed by atoms with E-state index in [1.165, 1.54) is 32.6 Å². The molecule has 3 aromatic rings. The molecule has 0 spiro atoms. The van der Waals surface area contributed by atoms with Crippen molar-refractivity contribution in [3.63, 3.8) is 0 Å². The Morgan fingerprint density at radius 2 is 1.86 bits per heavy atom. The summed E-state index contributed by atoms with van der Waals surface area (Å²) in [5, 5.41) is 30.3. The van der Waals surface area contributed by atoms with Crippen molar-refractivity contribution in [2.24, 2.45) is 5.10 Å². The number of rotatable bonds is 7. The highest BCUT2D eigenvalue weighted by molar-refractivity contribution is 5.83. The van der Waals surface area contributed by atoms with Crippen LogP contribution in [0.5, 0.6) is 11.5 Å². The number of aromatic nitrogens is 2. The van der Waals surface area contributed by atoms with Gasteiger partial charge in [0.1, 0.15) is 0 Å². The number of nitrogens with zero attached hydrogens (tertiary/aromatic N) is 4. The maximum atomic E-state index is 11.6. The minimum Gasteiger partial charge on any atom is -0.493 e. The van der Waals surface area contributed by atoms with E-state index in [2.05, 4.69) is 20.3 Å². The molecule has 0 amide bonds. The van der Waals surface area contributed by atoms with Gasteiger partial charge >= 0.3 is 0 Å². The lowest BCUT2D eigenvalue weighted by Crippen LogP contribution is -2.25. The third-order valence-electron chi connectivity index (χ3n) is 4.10. The number of nitro benzene ring substituents is 1. The van der Waals surface area contributed by atoms with Crippen LogP contribution < -0.4 is 19.8 Å². The van der Waals surface area contributed by atoms with Crippen LogP contribution in [0.1, 0.15) is 11.3 Å². The lowest BCUT2D eigenvalue weighted by atomic mass is 10.1. The molecule has 150 valence electrons. The standard InChI is InChI=1S/C18H17N5O6/c1-11-18(21-29-23(11)26)14-8-16(27-2)17(28-3)9-15(14)20-19-10-12-4-6-13(7-5-12)22(24)25/h4-10,20H,1-3H3/b19-10+. The van der Waals surface area contributed by atoms with Crippen molar-refractivity contribution in [2.75, 3.05) is 19.6 Å². The first-order valence-electron chi connectivity index (χ1n) is 8.30. The maximum Gasteiger partial charge on any atom is 0.269 e. The Bertz CT molecular complexity index is 1060. The molecule has 1 aromatic heterocycles. The molecule has 0 aliphatic heterocycles. The molecule has 0 unspecified atom stereocenters. The summed E-state index contributed by atoms with van der Waals surface area (Å²) in [6.07, 6.45) is 1.49. The molecule has 1 heterocycles. The van der Waals surface area contributed by atoms with Gasteiger partial charge in [-0.25, -0.2) is 0 Å². The van der Waals surface area contributed by atoms with E-state index in [4.69, 9.17) is 9.47 Å². The zero-order valence-corrected chi connectivity index (χ0v) is 15.8. The predicted octanol–water partition coefficient (Wildman–Crippen LogP) is 2.65. The molecule has 2 aromatic carbocycles. The number of hydrogen-bond donors (Lipinski definition) is 1. The summed E-state index contributed by atoms with van der Waals surface area (Å²) in [7, 11) is 2.99. The molecule has 0 saturated heterocycles. The zero-order valence-electron chi connectivity index (χ0n) is 15.8. The molecule has 3 rings (SSSR count). The second kappa shape index (κ2) is 8.25. The van der Waals surface area contributed by atoms with Crippen LogP contribution in [0.15, 0.2) is 46.1 Å². The van der Waals surface area contributed by atoms with Crippen LogP contribution in [0.2, 0.25) is 0 Å². The van der Waals surface area contributed by atoms with Crippen molar-refractivity contribution in [1.29, 1.82) is 0 Å². The molecule has 0 radical (unpaired) electrons. The average molecular weight is 399 g/mol. The summed E-state index contributed by atoms with van der Waals surface area (Å²) in [5.74, 6) is 0.882. The van der Waals surface area contributed by atoms with Crippen LogP contribution >= 0.6 is 0 Å². The van der Waals surface area contributed by atoms with Gasteiger partial charge in [-0.2, -0.15) is 5.10 Å². The first kappa shape index (κ1) is 19.6. The van der Waals surface area contributed by atoms with Gasteiger partial charge in [0.25, 0.3) is 11.4 Å². The normalized spacial score (nSPS) is 10.9. The van der Waals surface area contributed by atoms with Crippen molar-refractivity contribution in [3.8, 4) is 22.8 Å². The molecule has 1 N–H and O–H groups in total. The van der Waals surface area contributed by atoms with E-state index < -0.39 is 4.92 Å². The molecule has 0 aliphatic rings. The van der Waals surface area contributed by atoms with Gasteiger partial charge in [-0.15, -0.1) is 0 Å². The number of methoxy groups -OCH3 is 2. The van der Waals surface area contributed by atoms with Gasteiger partial charge in [-0.05, 0) is 28.7 Å². The number of hydrazone groups is 1. The molecule has 0 saturated carbocycles. The summed E-state index contributed by atoms with van der Waals surface area (Å²) in [4.78, 5) is 10.6. The zero-order chi connectivity index (χ0) is 21.0. The van der Waals surface area contributed by atoms with E-state index in [0.29, 0.717) is 38.9 Å². The Kier molecular flexibility index (Phi) is 5.58. The van der Waals surface area contributed by atoms with Gasteiger partial charge in [-0.3, -0.25) is 20.2 Å². The first-order chi connectivity index (χ1) is 13.9. The minimum absolute atomic E-state index is 0.00953. The van der Waals surface area contributed by atoms with Gasteiger partial charge in [0.15, 0.2) is 11.5 Å². The highest BCUT2D eigenvalue weighted by Crippen LogP contribution is 2.38. The van der Waals surface area contributed by atoms with E-state index in [1.54, 1.807) is 31.2 Å². The summed E-state index contributed by atoms with van der Waals surface area (Å²) in [6, 6.07) is 9.20. The third kappa shape index (κ3) is 4.08. The van der Waals surface area contributed by atoms with Crippen molar-refractivity contribution in [1.82, 2.24) is 5.16 Å². The molecule has 11 heteroatoms. The number of nitro groups is 1. The van der Waals surface area contributed by atoms with E-state index in [9.17, 15) is 15.3 Å². The highest BCUT2D eigenvalue weighted by Gasteiger charge is 2.22. The molecule has 11 nitrogen and oxygen atoms in total. The fourth-order valence-corrected chi connectivity index (χ4v) is 2.56. The second-order valence-corrected chi connectivity index (χ2v) is 5.84. The molecular weight excluding hydrogens is 382 g/mol. The van der Waals surface area contributed by atoms with Crippen molar-refractivity contribution in [3.05, 3.63) is 63.0 Å². The fraction of sp³-hybridized carbons (Fsp3) is 0.167. The number of hydrogen-bond acceptors (Lipinski definition) is 9. The van der Waals surface area contributed by atoms with Gasteiger partial charge in [0.05, 0.1) is 36.6 Å². The summed E-state index contributed by atoms with van der Waals surface area (Å²) in [6.45, 7) is 1.57. The van der Waals surface area contributed by atoms with Gasteiger partial charge in [-0.1, -0.05) is 0 Å². The highest BCUT2D eigenvalue weighted by atomic mass is 16.8. The van der Waals surface area contributed by atoms with E-state index in [1.807, 2.05) is 0 Å². The number of non-ortho nitro benzene ring substituents is 1. The molecular formula is C18H17N5O6. The maximum absolute atomic E-state index is 11.6. The number of benzene rings is 2. The number of nitrogens with one attached hydrogen (secondary N) is 1. The first-order valence-corrected chi connectivity index (χ1v) is 8.30. The second-order valence-electron chi connectivity index (χ2n) is 5.84. The predicted molar refractivity (Wildman–Crippen MR) is 103 cm³/mol. The molecule has 0 aliphatic carbocycles. The third-order valence-corrected chi connectivity index (χ3v) is 4.10. The number of ether oxygens (including phenoxy) is 2. The van der Waals surface area contributed by atoms with Crippen LogP contribution in [0, 0.1) is 22.2 Å². The lowest BCUT2D eigenvalue weighted by molar-refractivity contribution is -0.806. The van der Waals surface area contributed by atoms with Crippen LogP contribution in [0.3, 0.4) is 0 Å². The molecule has 0 fully saturated rings. The van der Waals surface area contributed by atoms with Crippen molar-refractivity contribution < 1.29 is 23.9 Å². The summed E-state index contributed by atoms with van der Waals surface area (Å²) in [5.41, 5.74) is 5.09. The minimum atomic E-state index is -0.475. The molecule has 0 atom stereocenters. The van der Waals surface area contributed by atoms with Crippen LogP contribution in [-0.4, -0.2) is 30.5 Å². The Hall–Kier alpha value is -4.15. The Balaban J connectivity index is 1.94. The van der Waals surface area contributed by atoms with E-state index in [0.717, 1.165) is 0 Å². The smallest absolute Gasteiger partial charge is 0.269 e. The lowest BCUT2D eigenvalue weighted by Gasteiger charge is -2.12. The van der Waals surface area contributed by atoms with Gasteiger partial charge in [0.2, 0.25) is 5.69 Å². The van der Waals surface area contributed by atoms with Gasteiger partial charge in [0, 0.05) is 30.3 Å². The Labute approximate surface area is 164 Å². The Morgan fingerprint density at radius 3 is 2.41 bits per heavy atom. The monoisotopic (exact) mass is 399 g/mol.